The minimum absolute atomic E-state index is 0.0698. The largest absolute Gasteiger partial charge is 0.492 e. The Morgan fingerprint density at radius 2 is 1.23 bits per heavy atom. The second-order valence-corrected chi connectivity index (χ2v) is 12.0. The average Bonchev–Trinajstić information content (AvgIpc) is 2.94. The van der Waals surface area contributed by atoms with Crippen molar-refractivity contribution in [3.8, 4) is 11.5 Å². The minimum Gasteiger partial charge on any atom is -0.492 e. The average molecular weight is 587 g/mol. The molecule has 4 aromatic carbocycles. The van der Waals surface area contributed by atoms with Crippen molar-refractivity contribution in [3.05, 3.63) is 106 Å². The lowest BCUT2D eigenvalue weighted by atomic mass is 10.1. The van der Waals surface area contributed by atoms with Crippen LogP contribution in [0, 0.1) is 0 Å². The standard InChI is InChI=1S/C31H33Cl2O5P/c1-3-16-35-30-14-12-23(18-28(30)32)20-37-39(34,22-26-10-7-9-25-8-5-6-11-27(25)26)38-21-24-13-15-31(29(33)19-24)36-17-4-2/h5-15,18-19H,3-4,16-17,20-22H2,1-2H3. The molecule has 0 heterocycles. The molecule has 0 aliphatic heterocycles. The molecule has 0 bridgehead atoms. The van der Waals surface area contributed by atoms with Gasteiger partial charge in [0, 0.05) is 0 Å². The SMILES string of the molecule is CCCOc1ccc(COP(=O)(Cc2cccc3ccccc23)OCc2ccc(OCCC)c(Cl)c2)cc1Cl. The van der Waals surface area contributed by atoms with Gasteiger partial charge in [0.1, 0.15) is 11.5 Å². The van der Waals surface area contributed by atoms with Crippen LogP contribution in [0.1, 0.15) is 43.4 Å². The van der Waals surface area contributed by atoms with Crippen LogP contribution in [-0.4, -0.2) is 13.2 Å². The van der Waals surface area contributed by atoms with Crippen molar-refractivity contribution >= 4 is 41.6 Å². The van der Waals surface area contributed by atoms with Crippen molar-refractivity contribution in [3.63, 3.8) is 0 Å². The molecule has 0 aliphatic carbocycles. The lowest BCUT2D eigenvalue weighted by Crippen LogP contribution is -2.02. The fourth-order valence-corrected chi connectivity index (χ4v) is 6.20. The predicted molar refractivity (Wildman–Crippen MR) is 159 cm³/mol. The maximum atomic E-state index is 14.2. The number of halogens is 2. The van der Waals surface area contributed by atoms with Crippen molar-refractivity contribution in [2.45, 2.75) is 46.1 Å². The molecule has 206 valence electrons. The van der Waals surface area contributed by atoms with Gasteiger partial charge in [0.2, 0.25) is 0 Å². The van der Waals surface area contributed by atoms with E-state index in [-0.39, 0.29) is 19.4 Å². The van der Waals surface area contributed by atoms with E-state index in [0.717, 1.165) is 40.3 Å². The first kappa shape index (κ1) is 29.5. The topological polar surface area (TPSA) is 54.0 Å². The maximum Gasteiger partial charge on any atom is 0.335 e. The molecule has 0 aliphatic rings. The zero-order valence-corrected chi connectivity index (χ0v) is 24.6. The normalized spacial score (nSPS) is 11.6. The first-order valence-electron chi connectivity index (χ1n) is 13.1. The third-order valence-corrected chi connectivity index (χ3v) is 8.38. The lowest BCUT2D eigenvalue weighted by molar-refractivity contribution is 0.190. The molecular formula is C31H33Cl2O5P. The Hall–Kier alpha value is -2.53. The van der Waals surface area contributed by atoms with E-state index in [2.05, 4.69) is 0 Å². The van der Waals surface area contributed by atoms with Crippen molar-refractivity contribution in [1.82, 2.24) is 0 Å². The highest BCUT2D eigenvalue weighted by Gasteiger charge is 2.27. The second kappa shape index (κ2) is 14.2. The summed E-state index contributed by atoms with van der Waals surface area (Å²) >= 11 is 12.8. The van der Waals surface area contributed by atoms with E-state index in [1.165, 1.54) is 0 Å². The Morgan fingerprint density at radius 3 is 1.77 bits per heavy atom. The van der Waals surface area contributed by atoms with E-state index < -0.39 is 7.60 Å². The molecule has 0 atom stereocenters. The molecule has 0 aromatic heterocycles. The first-order chi connectivity index (χ1) is 18.9. The summed E-state index contributed by atoms with van der Waals surface area (Å²) < 4.78 is 37.6. The van der Waals surface area contributed by atoms with Gasteiger partial charge in [0.25, 0.3) is 0 Å². The summed E-state index contributed by atoms with van der Waals surface area (Å²) in [6.45, 7) is 5.37. The zero-order valence-electron chi connectivity index (χ0n) is 22.2. The molecule has 0 unspecified atom stereocenters. The summed E-state index contributed by atoms with van der Waals surface area (Å²) in [5.41, 5.74) is 2.43. The molecule has 0 saturated carbocycles. The van der Waals surface area contributed by atoms with Crippen LogP contribution < -0.4 is 9.47 Å². The van der Waals surface area contributed by atoms with Crippen molar-refractivity contribution < 1.29 is 23.1 Å². The molecule has 0 fully saturated rings. The highest BCUT2D eigenvalue weighted by atomic mass is 35.5. The van der Waals surface area contributed by atoms with E-state index in [1.54, 1.807) is 24.3 Å². The molecular weight excluding hydrogens is 554 g/mol. The summed E-state index contributed by atoms with van der Waals surface area (Å²) in [5.74, 6) is 1.22. The van der Waals surface area contributed by atoms with Crippen LogP contribution in [0.4, 0.5) is 0 Å². The van der Waals surface area contributed by atoms with E-state index >= 15 is 0 Å². The van der Waals surface area contributed by atoms with Crippen molar-refractivity contribution in [2.24, 2.45) is 0 Å². The van der Waals surface area contributed by atoms with Gasteiger partial charge in [0.15, 0.2) is 0 Å². The summed E-state index contributed by atoms with van der Waals surface area (Å²) in [6, 6.07) is 24.8. The fraction of sp³-hybridized carbons (Fsp3) is 0.290. The van der Waals surface area contributed by atoms with Crippen LogP contribution in [-0.2, 0) is 33.0 Å². The number of hydrogen-bond acceptors (Lipinski definition) is 5. The van der Waals surface area contributed by atoms with E-state index in [9.17, 15) is 4.57 Å². The fourth-order valence-electron chi connectivity index (χ4n) is 4.04. The number of ether oxygens (including phenoxy) is 2. The molecule has 4 aromatic rings. The summed E-state index contributed by atoms with van der Waals surface area (Å²) in [7, 11) is -3.61. The summed E-state index contributed by atoms with van der Waals surface area (Å²) in [5, 5.41) is 3.03. The quantitative estimate of drug-likeness (QED) is 0.138. The number of benzene rings is 4. The van der Waals surface area contributed by atoms with Crippen LogP contribution in [0.3, 0.4) is 0 Å². The van der Waals surface area contributed by atoms with E-state index in [0.29, 0.717) is 34.8 Å². The van der Waals surface area contributed by atoms with Gasteiger partial charge < -0.3 is 18.5 Å². The molecule has 4 rings (SSSR count). The van der Waals surface area contributed by atoms with Crippen LogP contribution in [0.25, 0.3) is 10.8 Å². The molecule has 0 spiro atoms. The Labute approximate surface area is 240 Å². The van der Waals surface area contributed by atoms with Gasteiger partial charge in [-0.05, 0) is 64.6 Å². The zero-order chi connectivity index (χ0) is 27.7. The molecule has 5 nitrogen and oxygen atoms in total. The predicted octanol–water partition coefficient (Wildman–Crippen LogP) is 9.85. The van der Waals surface area contributed by atoms with Crippen molar-refractivity contribution in [1.29, 1.82) is 0 Å². The number of fused-ring (bicyclic) bond motifs is 1. The smallest absolute Gasteiger partial charge is 0.335 e. The Bertz CT molecular complexity index is 1370. The lowest BCUT2D eigenvalue weighted by Gasteiger charge is -2.20. The molecule has 0 N–H and O–H groups in total. The Balaban J connectivity index is 1.54. The minimum atomic E-state index is -3.61. The number of hydrogen-bond donors (Lipinski definition) is 0. The first-order valence-corrected chi connectivity index (χ1v) is 15.6. The van der Waals surface area contributed by atoms with Crippen molar-refractivity contribution in [2.75, 3.05) is 13.2 Å². The molecule has 0 saturated heterocycles. The van der Waals surface area contributed by atoms with Gasteiger partial charge in [-0.15, -0.1) is 0 Å². The van der Waals surface area contributed by atoms with Crippen LogP contribution in [0.2, 0.25) is 10.0 Å². The maximum absolute atomic E-state index is 14.2. The van der Waals surface area contributed by atoms with Gasteiger partial charge in [-0.25, -0.2) is 0 Å². The third-order valence-electron chi connectivity index (χ3n) is 6.02. The van der Waals surface area contributed by atoms with Gasteiger partial charge in [0.05, 0.1) is 42.6 Å². The monoisotopic (exact) mass is 586 g/mol. The summed E-state index contributed by atoms with van der Waals surface area (Å²) in [6.07, 6.45) is 1.89. The van der Waals surface area contributed by atoms with Gasteiger partial charge in [-0.3, -0.25) is 4.57 Å². The van der Waals surface area contributed by atoms with Crippen LogP contribution in [0.15, 0.2) is 78.9 Å². The highest BCUT2D eigenvalue weighted by Crippen LogP contribution is 2.53. The number of rotatable bonds is 14. The molecule has 0 amide bonds. The van der Waals surface area contributed by atoms with Crippen LogP contribution >= 0.6 is 30.8 Å². The molecule has 8 heteroatoms. The Kier molecular flexibility index (Phi) is 10.7. The van der Waals surface area contributed by atoms with Crippen LogP contribution in [0.5, 0.6) is 11.5 Å². The highest BCUT2D eigenvalue weighted by molar-refractivity contribution is 7.53. The summed E-state index contributed by atoms with van der Waals surface area (Å²) in [4.78, 5) is 0. The van der Waals surface area contributed by atoms with E-state index in [4.69, 9.17) is 41.7 Å². The van der Waals surface area contributed by atoms with Gasteiger partial charge >= 0.3 is 7.60 Å². The molecule has 0 radical (unpaired) electrons. The Morgan fingerprint density at radius 1 is 0.692 bits per heavy atom. The second-order valence-electron chi connectivity index (χ2n) is 9.18. The van der Waals surface area contributed by atoms with Gasteiger partial charge in [-0.2, -0.15) is 0 Å². The van der Waals surface area contributed by atoms with Gasteiger partial charge in [-0.1, -0.05) is 91.6 Å². The third kappa shape index (κ3) is 8.23. The molecule has 39 heavy (non-hydrogen) atoms. The van der Waals surface area contributed by atoms with E-state index in [1.807, 2.05) is 68.4 Å².